The van der Waals surface area contributed by atoms with E-state index in [2.05, 4.69) is 10.3 Å². The van der Waals surface area contributed by atoms with Gasteiger partial charge in [-0.05, 0) is 30.7 Å². The van der Waals surface area contributed by atoms with Gasteiger partial charge in [0.2, 0.25) is 0 Å². The van der Waals surface area contributed by atoms with Crippen LogP contribution in [0.2, 0.25) is 0 Å². The number of anilines is 1. The maximum Gasteiger partial charge on any atom is 0.255 e. The molecule has 0 aliphatic carbocycles. The number of carbonyl (C=O) groups excluding carboxylic acids is 1. The van der Waals surface area contributed by atoms with Gasteiger partial charge in [-0.25, -0.2) is 0 Å². The maximum absolute atomic E-state index is 11.8. The van der Waals surface area contributed by atoms with E-state index < -0.39 is 0 Å². The smallest absolute Gasteiger partial charge is 0.255 e. The van der Waals surface area contributed by atoms with Gasteiger partial charge in [-0.15, -0.1) is 0 Å². The van der Waals surface area contributed by atoms with Crippen LogP contribution in [0.5, 0.6) is 5.75 Å². The number of aromatic hydroxyl groups is 1. The summed E-state index contributed by atoms with van der Waals surface area (Å²) in [5.41, 5.74) is 1.86. The third-order valence-corrected chi connectivity index (χ3v) is 2.41. The zero-order valence-corrected chi connectivity index (χ0v) is 9.34. The minimum Gasteiger partial charge on any atom is -0.508 e. The summed E-state index contributed by atoms with van der Waals surface area (Å²) in [4.78, 5) is 15.6. The summed E-state index contributed by atoms with van der Waals surface area (Å²) in [6, 6.07) is 8.27. The lowest BCUT2D eigenvalue weighted by Crippen LogP contribution is -2.11. The molecule has 0 aliphatic heterocycles. The van der Waals surface area contributed by atoms with Crippen LogP contribution in [0.4, 0.5) is 5.69 Å². The number of aromatic nitrogens is 1. The van der Waals surface area contributed by atoms with Gasteiger partial charge in [0.1, 0.15) is 5.75 Å². The van der Waals surface area contributed by atoms with Crippen molar-refractivity contribution in [2.45, 2.75) is 6.92 Å². The van der Waals surface area contributed by atoms with E-state index in [9.17, 15) is 9.90 Å². The molecule has 0 spiro atoms. The van der Waals surface area contributed by atoms with Crippen molar-refractivity contribution in [3.05, 3.63) is 53.9 Å². The van der Waals surface area contributed by atoms with E-state index in [1.54, 1.807) is 43.6 Å². The Morgan fingerprint density at radius 1 is 1.24 bits per heavy atom. The van der Waals surface area contributed by atoms with Gasteiger partial charge in [0.05, 0.1) is 0 Å². The summed E-state index contributed by atoms with van der Waals surface area (Å²) >= 11 is 0. The van der Waals surface area contributed by atoms with Crippen LogP contribution in [0, 0.1) is 6.92 Å². The Kier molecular flexibility index (Phi) is 3.05. The Labute approximate surface area is 98.9 Å². The predicted octanol–water partition coefficient (Wildman–Crippen LogP) is 2.35. The summed E-state index contributed by atoms with van der Waals surface area (Å²) in [6.07, 6.45) is 3.11. The molecule has 4 heteroatoms. The Balaban J connectivity index is 2.16. The fraction of sp³-hybridized carbons (Fsp3) is 0.0769. The van der Waals surface area contributed by atoms with E-state index in [0.717, 1.165) is 5.56 Å². The normalized spacial score (nSPS) is 9.94. The molecule has 0 unspecified atom stereocenters. The molecule has 0 atom stereocenters. The molecule has 1 amide bonds. The molecule has 1 heterocycles. The maximum atomic E-state index is 11.8. The van der Waals surface area contributed by atoms with E-state index >= 15 is 0 Å². The van der Waals surface area contributed by atoms with Crippen molar-refractivity contribution >= 4 is 11.6 Å². The highest BCUT2D eigenvalue weighted by molar-refractivity contribution is 6.04. The minimum atomic E-state index is -0.226. The Hall–Kier alpha value is -2.36. The summed E-state index contributed by atoms with van der Waals surface area (Å²) in [6.45, 7) is 1.80. The zero-order chi connectivity index (χ0) is 12.3. The van der Waals surface area contributed by atoms with Crippen molar-refractivity contribution in [3.63, 3.8) is 0 Å². The molecule has 0 saturated heterocycles. The van der Waals surface area contributed by atoms with Gasteiger partial charge in [-0.2, -0.15) is 0 Å². The monoisotopic (exact) mass is 228 g/mol. The van der Waals surface area contributed by atoms with E-state index in [-0.39, 0.29) is 11.7 Å². The van der Waals surface area contributed by atoms with Gasteiger partial charge in [0.25, 0.3) is 5.91 Å². The van der Waals surface area contributed by atoms with Gasteiger partial charge in [-0.3, -0.25) is 9.78 Å². The first-order chi connectivity index (χ1) is 8.16. The Morgan fingerprint density at radius 2 is 1.94 bits per heavy atom. The number of carbonyl (C=O) groups is 1. The molecule has 1 aromatic carbocycles. The van der Waals surface area contributed by atoms with Crippen LogP contribution in [0.15, 0.2) is 42.7 Å². The number of aryl methyl sites for hydroxylation is 1. The number of amides is 1. The van der Waals surface area contributed by atoms with Crippen LogP contribution in [0.25, 0.3) is 0 Å². The van der Waals surface area contributed by atoms with Crippen molar-refractivity contribution in [1.29, 1.82) is 0 Å². The average Bonchev–Trinajstić information content (AvgIpc) is 2.35. The molecule has 17 heavy (non-hydrogen) atoms. The summed E-state index contributed by atoms with van der Waals surface area (Å²) in [7, 11) is 0. The Morgan fingerprint density at radius 3 is 2.59 bits per heavy atom. The van der Waals surface area contributed by atoms with Crippen LogP contribution in [0.3, 0.4) is 0 Å². The highest BCUT2D eigenvalue weighted by Crippen LogP contribution is 2.21. The highest BCUT2D eigenvalue weighted by atomic mass is 16.3. The molecule has 0 radical (unpaired) electrons. The van der Waals surface area contributed by atoms with Crippen molar-refractivity contribution in [3.8, 4) is 5.75 Å². The van der Waals surface area contributed by atoms with Gasteiger partial charge < -0.3 is 10.4 Å². The number of phenolic OH excluding ortho intramolecular Hbond substituents is 1. The quantitative estimate of drug-likeness (QED) is 0.829. The number of rotatable bonds is 2. The molecular weight excluding hydrogens is 216 g/mol. The highest BCUT2D eigenvalue weighted by Gasteiger charge is 2.06. The molecule has 2 aromatic rings. The fourth-order valence-electron chi connectivity index (χ4n) is 1.39. The third-order valence-electron chi connectivity index (χ3n) is 2.41. The molecule has 0 aliphatic rings. The Bertz CT molecular complexity index is 538. The van der Waals surface area contributed by atoms with Crippen LogP contribution in [-0.4, -0.2) is 16.0 Å². The largest absolute Gasteiger partial charge is 0.508 e. The number of hydrogen-bond donors (Lipinski definition) is 2. The number of hydrogen-bond acceptors (Lipinski definition) is 3. The third kappa shape index (κ3) is 2.60. The van der Waals surface area contributed by atoms with Crippen LogP contribution >= 0.6 is 0 Å². The molecule has 4 nitrogen and oxygen atoms in total. The first kappa shape index (κ1) is 11.1. The van der Waals surface area contributed by atoms with Gasteiger partial charge >= 0.3 is 0 Å². The summed E-state index contributed by atoms with van der Waals surface area (Å²) in [5.74, 6) is -0.0619. The molecule has 2 N–H and O–H groups in total. The first-order valence-electron chi connectivity index (χ1n) is 5.18. The van der Waals surface area contributed by atoms with Crippen molar-refractivity contribution in [2.24, 2.45) is 0 Å². The number of nitrogens with one attached hydrogen (secondary N) is 1. The molecule has 86 valence electrons. The second kappa shape index (κ2) is 4.65. The lowest BCUT2D eigenvalue weighted by Gasteiger charge is -2.06. The molecular formula is C13H12N2O2. The van der Waals surface area contributed by atoms with E-state index in [4.69, 9.17) is 0 Å². The van der Waals surface area contributed by atoms with E-state index in [1.807, 2.05) is 0 Å². The van der Waals surface area contributed by atoms with Gasteiger partial charge in [0, 0.05) is 29.7 Å². The summed E-state index contributed by atoms with van der Waals surface area (Å²) in [5, 5.41) is 12.2. The minimum absolute atomic E-state index is 0.164. The molecule has 2 rings (SSSR count). The predicted molar refractivity (Wildman–Crippen MR) is 65.0 cm³/mol. The molecule has 0 saturated carbocycles. The van der Waals surface area contributed by atoms with E-state index in [1.165, 1.54) is 6.07 Å². The van der Waals surface area contributed by atoms with Crippen LogP contribution in [-0.2, 0) is 0 Å². The number of nitrogens with zero attached hydrogens (tertiary/aromatic N) is 1. The lowest BCUT2D eigenvalue weighted by molar-refractivity contribution is 0.102. The fourth-order valence-corrected chi connectivity index (χ4v) is 1.39. The molecule has 1 aromatic heterocycles. The summed E-state index contributed by atoms with van der Waals surface area (Å²) < 4.78 is 0. The van der Waals surface area contributed by atoms with Gasteiger partial charge in [0.15, 0.2) is 0 Å². The van der Waals surface area contributed by atoms with Crippen molar-refractivity contribution in [1.82, 2.24) is 4.98 Å². The van der Waals surface area contributed by atoms with Crippen LogP contribution in [0.1, 0.15) is 15.9 Å². The standard InChI is InChI=1S/C13H12N2O2/c1-9-2-3-11(8-12(9)16)15-13(17)10-4-6-14-7-5-10/h2-8,16H,1H3,(H,15,17). The zero-order valence-electron chi connectivity index (χ0n) is 9.34. The number of pyridine rings is 1. The topological polar surface area (TPSA) is 62.2 Å². The molecule has 0 bridgehead atoms. The van der Waals surface area contributed by atoms with Crippen LogP contribution < -0.4 is 5.32 Å². The van der Waals surface area contributed by atoms with E-state index in [0.29, 0.717) is 11.3 Å². The second-order valence-electron chi connectivity index (χ2n) is 3.69. The van der Waals surface area contributed by atoms with Crippen molar-refractivity contribution in [2.75, 3.05) is 5.32 Å². The number of benzene rings is 1. The number of phenols is 1. The SMILES string of the molecule is Cc1ccc(NC(=O)c2ccncc2)cc1O. The average molecular weight is 228 g/mol. The van der Waals surface area contributed by atoms with Crippen molar-refractivity contribution < 1.29 is 9.90 Å². The van der Waals surface area contributed by atoms with Gasteiger partial charge in [-0.1, -0.05) is 6.07 Å². The first-order valence-corrected chi connectivity index (χ1v) is 5.18. The molecule has 0 fully saturated rings. The second-order valence-corrected chi connectivity index (χ2v) is 3.69. The lowest BCUT2D eigenvalue weighted by atomic mass is 10.2.